The molecule has 6 nitrogen and oxygen atoms in total. The topological polar surface area (TPSA) is 44.6 Å². The summed E-state index contributed by atoms with van der Waals surface area (Å²) in [6, 6.07) is -0.0413. The van der Waals surface area contributed by atoms with E-state index >= 15 is 0 Å². The number of amides is 1. The highest BCUT2D eigenvalue weighted by Crippen LogP contribution is 2.12. The molecule has 1 atom stereocenters. The van der Waals surface area contributed by atoms with E-state index in [1.54, 1.807) is 4.90 Å². The van der Waals surface area contributed by atoms with Gasteiger partial charge < -0.3 is 4.90 Å². The second-order valence-corrected chi connectivity index (χ2v) is 5.49. The molecule has 1 aliphatic rings. The Morgan fingerprint density at radius 3 is 2.74 bits per heavy atom. The number of likely N-dealkylation sites (N-methyl/N-ethyl adjacent to an activating group) is 2. The van der Waals surface area contributed by atoms with Gasteiger partial charge in [-0.25, -0.2) is 0 Å². The molecule has 0 radical (unpaired) electrons. The number of aromatic nitrogens is 2. The molecule has 0 aromatic carbocycles. The van der Waals surface area contributed by atoms with E-state index in [-0.39, 0.29) is 11.9 Å². The molecule has 1 saturated heterocycles. The fourth-order valence-electron chi connectivity index (χ4n) is 2.45. The SMILES string of the molecule is CN(C)C(=O)C1CN(Cc2cnn(C)c2)CCN1C. The van der Waals surface area contributed by atoms with Crippen LogP contribution in [-0.2, 0) is 18.4 Å². The van der Waals surface area contributed by atoms with E-state index in [4.69, 9.17) is 0 Å². The Labute approximate surface area is 114 Å². The number of hydrogen-bond acceptors (Lipinski definition) is 4. The first kappa shape index (κ1) is 14.0. The molecule has 1 aliphatic heterocycles. The predicted octanol–water partition coefficient (Wildman–Crippen LogP) is -0.376. The molecule has 0 saturated carbocycles. The van der Waals surface area contributed by atoms with Crippen LogP contribution in [0.5, 0.6) is 0 Å². The van der Waals surface area contributed by atoms with Gasteiger partial charge in [0, 0.05) is 59.1 Å². The monoisotopic (exact) mass is 265 g/mol. The second-order valence-electron chi connectivity index (χ2n) is 5.49. The molecule has 0 aliphatic carbocycles. The predicted molar refractivity (Wildman–Crippen MR) is 73.6 cm³/mol. The Hall–Kier alpha value is -1.40. The van der Waals surface area contributed by atoms with Gasteiger partial charge in [0.15, 0.2) is 0 Å². The minimum Gasteiger partial charge on any atom is -0.347 e. The molecule has 1 fully saturated rings. The van der Waals surface area contributed by atoms with Gasteiger partial charge in [0.25, 0.3) is 0 Å². The highest BCUT2D eigenvalue weighted by atomic mass is 16.2. The molecule has 1 unspecified atom stereocenters. The van der Waals surface area contributed by atoms with Crippen molar-refractivity contribution < 1.29 is 4.79 Å². The summed E-state index contributed by atoms with van der Waals surface area (Å²) in [5.74, 6) is 0.179. The molecular formula is C13H23N5O. The molecule has 0 spiro atoms. The van der Waals surface area contributed by atoms with Gasteiger partial charge in [-0.1, -0.05) is 0 Å². The van der Waals surface area contributed by atoms with Crippen molar-refractivity contribution in [3.05, 3.63) is 18.0 Å². The fraction of sp³-hybridized carbons (Fsp3) is 0.692. The quantitative estimate of drug-likeness (QED) is 0.748. The van der Waals surface area contributed by atoms with Gasteiger partial charge in [-0.15, -0.1) is 0 Å². The average Bonchev–Trinajstić information content (AvgIpc) is 2.76. The lowest BCUT2D eigenvalue weighted by Gasteiger charge is -2.39. The summed E-state index contributed by atoms with van der Waals surface area (Å²) in [6.45, 7) is 3.55. The zero-order valence-electron chi connectivity index (χ0n) is 12.2. The smallest absolute Gasteiger partial charge is 0.240 e. The van der Waals surface area contributed by atoms with E-state index in [9.17, 15) is 4.79 Å². The lowest BCUT2D eigenvalue weighted by Crippen LogP contribution is -2.57. The molecule has 1 aromatic rings. The van der Waals surface area contributed by atoms with Crippen LogP contribution < -0.4 is 0 Å². The molecule has 2 heterocycles. The third-order valence-electron chi connectivity index (χ3n) is 3.62. The Morgan fingerprint density at radius 2 is 2.16 bits per heavy atom. The van der Waals surface area contributed by atoms with Crippen molar-refractivity contribution >= 4 is 5.91 Å². The molecule has 0 N–H and O–H groups in total. The van der Waals surface area contributed by atoms with Gasteiger partial charge >= 0.3 is 0 Å². The van der Waals surface area contributed by atoms with Crippen LogP contribution in [0.2, 0.25) is 0 Å². The Morgan fingerprint density at radius 1 is 1.42 bits per heavy atom. The van der Waals surface area contributed by atoms with Crippen LogP contribution in [-0.4, -0.2) is 77.2 Å². The molecular weight excluding hydrogens is 242 g/mol. The summed E-state index contributed by atoms with van der Waals surface area (Å²) >= 11 is 0. The van der Waals surface area contributed by atoms with Gasteiger partial charge in [-0.3, -0.25) is 19.3 Å². The molecule has 1 aromatic heterocycles. The van der Waals surface area contributed by atoms with E-state index in [1.165, 1.54) is 5.56 Å². The first-order chi connectivity index (χ1) is 8.97. The first-order valence-electron chi connectivity index (χ1n) is 6.58. The van der Waals surface area contributed by atoms with Gasteiger partial charge in [0.1, 0.15) is 6.04 Å². The van der Waals surface area contributed by atoms with Crippen LogP contribution in [0.15, 0.2) is 12.4 Å². The summed E-state index contributed by atoms with van der Waals surface area (Å²) in [5.41, 5.74) is 1.20. The van der Waals surface area contributed by atoms with Gasteiger partial charge in [-0.2, -0.15) is 5.10 Å². The van der Waals surface area contributed by atoms with E-state index < -0.39 is 0 Å². The second kappa shape index (κ2) is 5.71. The molecule has 106 valence electrons. The van der Waals surface area contributed by atoms with Crippen molar-refractivity contribution in [1.29, 1.82) is 0 Å². The van der Waals surface area contributed by atoms with E-state index in [1.807, 2.05) is 45.3 Å². The lowest BCUT2D eigenvalue weighted by molar-refractivity contribution is -0.136. The zero-order valence-corrected chi connectivity index (χ0v) is 12.2. The van der Waals surface area contributed by atoms with Crippen molar-refractivity contribution in [2.45, 2.75) is 12.6 Å². The van der Waals surface area contributed by atoms with Crippen molar-refractivity contribution in [3.63, 3.8) is 0 Å². The maximum atomic E-state index is 12.2. The summed E-state index contributed by atoms with van der Waals surface area (Å²) < 4.78 is 1.81. The van der Waals surface area contributed by atoms with E-state index in [2.05, 4.69) is 14.9 Å². The van der Waals surface area contributed by atoms with Crippen LogP contribution in [0, 0.1) is 0 Å². The minimum atomic E-state index is -0.0413. The Bertz CT molecular complexity index is 442. The fourth-order valence-corrected chi connectivity index (χ4v) is 2.45. The number of carbonyl (C=O) groups excluding carboxylic acids is 1. The highest BCUT2D eigenvalue weighted by Gasteiger charge is 2.30. The maximum Gasteiger partial charge on any atom is 0.240 e. The van der Waals surface area contributed by atoms with Crippen LogP contribution in [0.25, 0.3) is 0 Å². The first-order valence-corrected chi connectivity index (χ1v) is 6.58. The largest absolute Gasteiger partial charge is 0.347 e. The lowest BCUT2D eigenvalue weighted by atomic mass is 10.1. The van der Waals surface area contributed by atoms with E-state index in [0.29, 0.717) is 0 Å². The molecule has 1 amide bonds. The van der Waals surface area contributed by atoms with Gasteiger partial charge in [0.05, 0.1) is 6.20 Å². The van der Waals surface area contributed by atoms with Crippen molar-refractivity contribution in [3.8, 4) is 0 Å². The third-order valence-corrected chi connectivity index (χ3v) is 3.62. The summed E-state index contributed by atoms with van der Waals surface area (Å²) in [7, 11) is 7.58. The standard InChI is InChI=1S/C13H23N5O/c1-15(2)13(19)12-10-18(6-5-16(12)3)9-11-7-14-17(4)8-11/h7-8,12H,5-6,9-10H2,1-4H3. The number of nitrogens with zero attached hydrogens (tertiary/aromatic N) is 5. The van der Waals surface area contributed by atoms with Crippen LogP contribution >= 0.6 is 0 Å². The zero-order chi connectivity index (χ0) is 14.0. The maximum absolute atomic E-state index is 12.2. The van der Waals surface area contributed by atoms with Crippen molar-refractivity contribution in [2.24, 2.45) is 7.05 Å². The number of hydrogen-bond donors (Lipinski definition) is 0. The summed E-state index contributed by atoms with van der Waals surface area (Å²) in [4.78, 5) is 18.3. The van der Waals surface area contributed by atoms with Crippen molar-refractivity contribution in [1.82, 2.24) is 24.5 Å². The number of aryl methyl sites for hydroxylation is 1. The number of rotatable bonds is 3. The minimum absolute atomic E-state index is 0.0413. The third kappa shape index (κ3) is 3.33. The normalized spacial score (nSPS) is 21.6. The van der Waals surface area contributed by atoms with Gasteiger partial charge in [0.2, 0.25) is 5.91 Å². The average molecular weight is 265 g/mol. The summed E-state index contributed by atoms with van der Waals surface area (Å²) in [6.07, 6.45) is 3.92. The summed E-state index contributed by atoms with van der Waals surface area (Å²) in [5, 5.41) is 4.18. The number of piperazine rings is 1. The van der Waals surface area contributed by atoms with Crippen molar-refractivity contribution in [2.75, 3.05) is 40.8 Å². The molecule has 2 rings (SSSR count). The van der Waals surface area contributed by atoms with Crippen LogP contribution in [0.4, 0.5) is 0 Å². The van der Waals surface area contributed by atoms with Gasteiger partial charge in [-0.05, 0) is 7.05 Å². The molecule has 19 heavy (non-hydrogen) atoms. The van der Waals surface area contributed by atoms with Crippen LogP contribution in [0.1, 0.15) is 5.56 Å². The molecule has 6 heteroatoms. The van der Waals surface area contributed by atoms with Crippen LogP contribution in [0.3, 0.4) is 0 Å². The number of carbonyl (C=O) groups is 1. The molecule has 0 bridgehead atoms. The Balaban J connectivity index is 1.99. The highest BCUT2D eigenvalue weighted by molar-refractivity contribution is 5.81. The van der Waals surface area contributed by atoms with E-state index in [0.717, 1.165) is 26.2 Å². The Kier molecular flexibility index (Phi) is 4.21.